The molecule has 3 N–H and O–H groups in total. The van der Waals surface area contributed by atoms with E-state index in [9.17, 15) is 24.5 Å². The summed E-state index contributed by atoms with van der Waals surface area (Å²) in [5.74, 6) is -0.382. The maximum absolute atomic E-state index is 13.6. The van der Waals surface area contributed by atoms with Crippen LogP contribution >= 0.6 is 11.8 Å². The van der Waals surface area contributed by atoms with Gasteiger partial charge in [0.25, 0.3) is 0 Å². The van der Waals surface area contributed by atoms with E-state index in [4.69, 9.17) is 4.74 Å². The predicted octanol–water partition coefficient (Wildman–Crippen LogP) is 1.99. The topological polar surface area (TPSA) is 118 Å². The number of halogens is 1. The first-order chi connectivity index (χ1) is 15.9. The highest BCUT2D eigenvalue weighted by Gasteiger charge is 2.46. The third kappa shape index (κ3) is 5.31. The highest BCUT2D eigenvalue weighted by atomic mass is 32.2. The average Bonchev–Trinajstić information content (AvgIpc) is 3.25. The maximum atomic E-state index is 13.6. The van der Waals surface area contributed by atoms with E-state index in [-0.39, 0.29) is 5.78 Å². The third-order valence-corrected chi connectivity index (χ3v) is 6.54. The number of benzene rings is 2. The standard InChI is InChI=1S/C23H24FN3O5S/c1-13(29)8-14-4-2-7-17(9-14)33-23-22(31)20(21(30)19(12-28)32-23)27-11-18(25-26-27)15-5-3-6-16(24)10-15/h2-7,9-11,19-23,28,30-31H,8,12H2,1H3/t19?,20?,21-,22?,23?/m0/s1. The Balaban J connectivity index is 1.59. The second-order valence-corrected chi connectivity index (χ2v) is 9.11. The minimum absolute atomic E-state index is 0.0370. The molecule has 4 rings (SSSR count). The fourth-order valence-electron chi connectivity index (χ4n) is 3.83. The minimum atomic E-state index is -1.26. The van der Waals surface area contributed by atoms with Gasteiger partial charge in [-0.3, -0.25) is 4.79 Å². The number of aliphatic hydroxyl groups is 3. The lowest BCUT2D eigenvalue weighted by Crippen LogP contribution is -2.55. The van der Waals surface area contributed by atoms with Crippen molar-refractivity contribution >= 4 is 17.5 Å². The number of hydrogen-bond acceptors (Lipinski definition) is 8. The summed E-state index contributed by atoms with van der Waals surface area (Å²) in [6, 6.07) is 12.2. The van der Waals surface area contributed by atoms with Crippen LogP contribution in [-0.2, 0) is 16.0 Å². The van der Waals surface area contributed by atoms with Crippen LogP contribution in [0, 0.1) is 5.82 Å². The van der Waals surface area contributed by atoms with Crippen molar-refractivity contribution in [1.82, 2.24) is 15.0 Å². The number of aromatic nitrogens is 3. The number of ketones is 1. The Hall–Kier alpha value is -2.63. The van der Waals surface area contributed by atoms with Gasteiger partial charge in [-0.2, -0.15) is 0 Å². The minimum Gasteiger partial charge on any atom is -0.394 e. The average molecular weight is 474 g/mol. The van der Waals surface area contributed by atoms with E-state index in [1.165, 1.54) is 41.7 Å². The number of ether oxygens (including phenoxy) is 1. The number of nitrogens with zero attached hydrogens (tertiary/aromatic N) is 3. The molecule has 1 aliphatic heterocycles. The fourth-order valence-corrected chi connectivity index (χ4v) is 4.97. The Bertz CT molecular complexity index is 1130. The molecule has 2 heterocycles. The Morgan fingerprint density at radius 2 is 1.97 bits per heavy atom. The highest BCUT2D eigenvalue weighted by Crippen LogP contribution is 2.38. The summed E-state index contributed by atoms with van der Waals surface area (Å²) in [4.78, 5) is 12.2. The summed E-state index contributed by atoms with van der Waals surface area (Å²) >= 11 is 1.22. The zero-order valence-corrected chi connectivity index (χ0v) is 18.6. The summed E-state index contributed by atoms with van der Waals surface area (Å²) < 4.78 is 20.7. The third-order valence-electron chi connectivity index (χ3n) is 5.39. The molecule has 10 heteroatoms. The van der Waals surface area contributed by atoms with Crippen LogP contribution in [0.3, 0.4) is 0 Å². The van der Waals surface area contributed by atoms with Gasteiger partial charge in [0, 0.05) is 16.9 Å². The summed E-state index contributed by atoms with van der Waals surface area (Å²) in [6.45, 7) is 1.05. The van der Waals surface area contributed by atoms with Gasteiger partial charge in [0.05, 0.1) is 12.8 Å². The van der Waals surface area contributed by atoms with Crippen molar-refractivity contribution in [3.63, 3.8) is 0 Å². The zero-order chi connectivity index (χ0) is 23.5. The summed E-state index contributed by atoms with van der Waals surface area (Å²) in [7, 11) is 0. The summed E-state index contributed by atoms with van der Waals surface area (Å²) in [6.07, 6.45) is -1.61. The van der Waals surface area contributed by atoms with Crippen LogP contribution in [0.25, 0.3) is 11.3 Å². The molecule has 5 atom stereocenters. The molecule has 0 saturated carbocycles. The molecule has 0 radical (unpaired) electrons. The van der Waals surface area contributed by atoms with E-state index in [1.54, 1.807) is 12.1 Å². The van der Waals surface area contributed by atoms with Crippen molar-refractivity contribution in [2.24, 2.45) is 0 Å². The number of aliphatic hydroxyl groups excluding tert-OH is 3. The van der Waals surface area contributed by atoms with Gasteiger partial charge >= 0.3 is 0 Å². The molecular formula is C23H24FN3O5S. The van der Waals surface area contributed by atoms with Crippen molar-refractivity contribution in [3.05, 3.63) is 66.1 Å². The number of Topliss-reactive ketones (excluding diaryl/α,β-unsaturated/α-hetero) is 1. The molecule has 3 aromatic rings. The van der Waals surface area contributed by atoms with Crippen LogP contribution < -0.4 is 0 Å². The molecule has 1 aliphatic rings. The van der Waals surface area contributed by atoms with E-state index in [0.29, 0.717) is 17.7 Å². The van der Waals surface area contributed by atoms with Gasteiger partial charge in [-0.25, -0.2) is 9.07 Å². The number of rotatable bonds is 7. The van der Waals surface area contributed by atoms with Crippen molar-refractivity contribution < 1.29 is 29.2 Å². The fraction of sp³-hybridized carbons (Fsp3) is 0.348. The van der Waals surface area contributed by atoms with Crippen LogP contribution in [0.1, 0.15) is 18.5 Å². The first-order valence-electron chi connectivity index (χ1n) is 10.4. The van der Waals surface area contributed by atoms with Crippen molar-refractivity contribution in [2.45, 2.75) is 48.0 Å². The van der Waals surface area contributed by atoms with Gasteiger partial charge in [-0.05, 0) is 36.8 Å². The molecule has 4 unspecified atom stereocenters. The second-order valence-electron chi connectivity index (χ2n) is 7.94. The molecule has 1 aromatic heterocycles. The van der Waals surface area contributed by atoms with Gasteiger partial charge < -0.3 is 20.1 Å². The molecule has 8 nitrogen and oxygen atoms in total. The van der Waals surface area contributed by atoms with E-state index < -0.39 is 42.2 Å². The molecule has 174 valence electrons. The van der Waals surface area contributed by atoms with Crippen molar-refractivity contribution in [1.29, 1.82) is 0 Å². The number of thioether (sulfide) groups is 1. The van der Waals surface area contributed by atoms with Crippen LogP contribution in [0.2, 0.25) is 0 Å². The molecule has 0 aliphatic carbocycles. The number of carbonyl (C=O) groups is 1. The van der Waals surface area contributed by atoms with E-state index in [2.05, 4.69) is 10.3 Å². The van der Waals surface area contributed by atoms with Crippen LogP contribution in [-0.4, -0.2) is 66.5 Å². The van der Waals surface area contributed by atoms with E-state index >= 15 is 0 Å². The van der Waals surface area contributed by atoms with Gasteiger partial charge in [0.15, 0.2) is 0 Å². The van der Waals surface area contributed by atoms with Gasteiger partial charge in [0.1, 0.15) is 47.1 Å². The SMILES string of the molecule is CC(=O)Cc1cccc(SC2OC(CO)[C@H](O)C(n3cc(-c4cccc(F)c4)nn3)C2O)c1. The number of hydrogen-bond donors (Lipinski definition) is 3. The molecule has 2 aromatic carbocycles. The summed E-state index contributed by atoms with van der Waals surface area (Å²) in [5, 5.41) is 39.7. The largest absolute Gasteiger partial charge is 0.394 e. The highest BCUT2D eigenvalue weighted by molar-refractivity contribution is 7.99. The predicted molar refractivity (Wildman–Crippen MR) is 119 cm³/mol. The Kier molecular flexibility index (Phi) is 7.20. The van der Waals surface area contributed by atoms with Gasteiger partial charge in [0.2, 0.25) is 0 Å². The molecule has 0 spiro atoms. The lowest BCUT2D eigenvalue weighted by molar-refractivity contribution is -0.178. The molecular weight excluding hydrogens is 449 g/mol. The Morgan fingerprint density at radius 3 is 2.70 bits per heavy atom. The van der Waals surface area contributed by atoms with E-state index in [1.807, 2.05) is 24.3 Å². The molecule has 1 saturated heterocycles. The first kappa shape index (κ1) is 23.5. The normalized spacial score (nSPS) is 25.2. The van der Waals surface area contributed by atoms with Gasteiger partial charge in [-0.1, -0.05) is 41.2 Å². The molecule has 0 bridgehead atoms. The van der Waals surface area contributed by atoms with Crippen molar-refractivity contribution in [3.8, 4) is 11.3 Å². The molecule has 0 amide bonds. The Labute approximate surface area is 194 Å². The molecule has 1 fully saturated rings. The quantitative estimate of drug-likeness (QED) is 0.477. The van der Waals surface area contributed by atoms with Crippen molar-refractivity contribution in [2.75, 3.05) is 6.61 Å². The van der Waals surface area contributed by atoms with Gasteiger partial charge in [-0.15, -0.1) is 5.10 Å². The lowest BCUT2D eigenvalue weighted by Gasteiger charge is -2.41. The first-order valence-corrected chi connectivity index (χ1v) is 11.3. The van der Waals surface area contributed by atoms with Crippen LogP contribution in [0.15, 0.2) is 59.6 Å². The number of carbonyl (C=O) groups excluding carboxylic acids is 1. The lowest BCUT2D eigenvalue weighted by atomic mass is 9.97. The van der Waals surface area contributed by atoms with E-state index in [0.717, 1.165) is 10.5 Å². The second kappa shape index (κ2) is 10.1. The molecule has 33 heavy (non-hydrogen) atoms. The smallest absolute Gasteiger partial charge is 0.136 e. The summed E-state index contributed by atoms with van der Waals surface area (Å²) in [5.41, 5.74) is 0.889. The van der Waals surface area contributed by atoms with Crippen LogP contribution in [0.4, 0.5) is 4.39 Å². The monoisotopic (exact) mass is 473 g/mol. The zero-order valence-electron chi connectivity index (χ0n) is 17.8. The maximum Gasteiger partial charge on any atom is 0.136 e. The van der Waals surface area contributed by atoms with Crippen LogP contribution in [0.5, 0.6) is 0 Å². The Morgan fingerprint density at radius 1 is 1.18 bits per heavy atom.